The van der Waals surface area contributed by atoms with E-state index in [0.717, 1.165) is 16.6 Å². The summed E-state index contributed by atoms with van der Waals surface area (Å²) in [5.41, 5.74) is 1.72. The number of rotatable bonds is 3. The second-order valence-corrected chi connectivity index (χ2v) is 6.83. The van der Waals surface area contributed by atoms with Crippen LogP contribution in [0.3, 0.4) is 0 Å². The summed E-state index contributed by atoms with van der Waals surface area (Å²) in [5.74, 6) is -0.297. The molecule has 1 N–H and O–H groups in total. The van der Waals surface area contributed by atoms with Crippen molar-refractivity contribution < 1.29 is 14.3 Å². The van der Waals surface area contributed by atoms with Gasteiger partial charge in [-0.05, 0) is 38.5 Å². The average molecular weight is 305 g/mol. The minimum absolute atomic E-state index is 0.113. The highest BCUT2D eigenvalue weighted by Gasteiger charge is 2.25. The fourth-order valence-electron chi connectivity index (χ4n) is 2.54. The molecule has 0 saturated carbocycles. The largest absolute Gasteiger partial charge is 0.461 e. The summed E-state index contributed by atoms with van der Waals surface area (Å²) in [5, 5.41) is 1.06. The number of carbonyl (C=O) groups is 1. The van der Waals surface area contributed by atoms with Crippen LogP contribution in [0.15, 0.2) is 18.2 Å². The summed E-state index contributed by atoms with van der Waals surface area (Å²) < 4.78 is 10.7. The molecule has 0 radical (unpaired) electrons. The second kappa shape index (κ2) is 5.31. The first kappa shape index (κ1) is 14.4. The first-order chi connectivity index (χ1) is 9.98. The van der Waals surface area contributed by atoms with Gasteiger partial charge in [-0.1, -0.05) is 6.08 Å². The molecule has 2 aromatic rings. The lowest BCUT2D eigenvalue weighted by Gasteiger charge is -2.29. The Balaban J connectivity index is 1.87. The molecule has 5 heteroatoms. The van der Waals surface area contributed by atoms with Gasteiger partial charge in [0.25, 0.3) is 0 Å². The van der Waals surface area contributed by atoms with Gasteiger partial charge in [0.15, 0.2) is 0 Å². The van der Waals surface area contributed by atoms with Crippen molar-refractivity contribution in [1.82, 2.24) is 4.98 Å². The highest BCUT2D eigenvalue weighted by atomic mass is 32.1. The lowest BCUT2D eigenvalue weighted by molar-refractivity contribution is -0.00292. The molecule has 3 rings (SSSR count). The van der Waals surface area contributed by atoms with Crippen LogP contribution in [-0.4, -0.2) is 29.8 Å². The van der Waals surface area contributed by atoms with Gasteiger partial charge in [0.1, 0.15) is 10.5 Å². The van der Waals surface area contributed by atoms with E-state index >= 15 is 0 Å². The molecule has 0 bridgehead atoms. The van der Waals surface area contributed by atoms with Gasteiger partial charge >= 0.3 is 5.97 Å². The van der Waals surface area contributed by atoms with Crippen molar-refractivity contribution in [1.29, 1.82) is 0 Å². The van der Waals surface area contributed by atoms with Crippen molar-refractivity contribution >= 4 is 33.1 Å². The SMILES string of the molecule is CCOC(=O)c1cc2cc(C3=CCOC(C)(C)C3)sc2[nH]1. The van der Waals surface area contributed by atoms with Gasteiger partial charge in [-0.15, -0.1) is 11.3 Å². The molecule has 2 aromatic heterocycles. The molecule has 4 nitrogen and oxygen atoms in total. The zero-order valence-corrected chi connectivity index (χ0v) is 13.3. The van der Waals surface area contributed by atoms with Gasteiger partial charge in [0.2, 0.25) is 0 Å². The van der Waals surface area contributed by atoms with Crippen LogP contribution < -0.4 is 0 Å². The monoisotopic (exact) mass is 305 g/mol. The summed E-state index contributed by atoms with van der Waals surface area (Å²) in [7, 11) is 0. The normalized spacial score (nSPS) is 17.8. The zero-order valence-electron chi connectivity index (χ0n) is 12.5. The fourth-order valence-corrected chi connectivity index (χ4v) is 3.63. The number of aromatic nitrogens is 1. The first-order valence-electron chi connectivity index (χ1n) is 7.11. The van der Waals surface area contributed by atoms with E-state index in [0.29, 0.717) is 18.9 Å². The number of H-pyrrole nitrogens is 1. The predicted octanol–water partition coefficient (Wildman–Crippen LogP) is 3.99. The third-order valence-electron chi connectivity index (χ3n) is 3.54. The fraction of sp³-hybridized carbons (Fsp3) is 0.438. The van der Waals surface area contributed by atoms with Crippen LogP contribution in [0.5, 0.6) is 0 Å². The lowest BCUT2D eigenvalue weighted by atomic mass is 9.95. The Morgan fingerprint density at radius 3 is 2.95 bits per heavy atom. The van der Waals surface area contributed by atoms with E-state index in [1.54, 1.807) is 18.3 Å². The number of ether oxygens (including phenoxy) is 2. The molecule has 0 fully saturated rings. The second-order valence-electron chi connectivity index (χ2n) is 5.78. The van der Waals surface area contributed by atoms with Crippen LogP contribution in [-0.2, 0) is 9.47 Å². The molecule has 0 atom stereocenters. The van der Waals surface area contributed by atoms with Crippen molar-refractivity contribution in [2.75, 3.05) is 13.2 Å². The number of nitrogens with one attached hydrogen (secondary N) is 1. The van der Waals surface area contributed by atoms with Crippen molar-refractivity contribution in [3.05, 3.63) is 28.8 Å². The molecule has 3 heterocycles. The smallest absolute Gasteiger partial charge is 0.354 e. The van der Waals surface area contributed by atoms with Gasteiger partial charge in [0, 0.05) is 16.7 Å². The van der Waals surface area contributed by atoms with E-state index in [2.05, 4.69) is 31.0 Å². The van der Waals surface area contributed by atoms with Gasteiger partial charge in [-0.2, -0.15) is 0 Å². The molecule has 0 amide bonds. The minimum atomic E-state index is -0.297. The summed E-state index contributed by atoms with van der Waals surface area (Å²) in [4.78, 5) is 17.1. The lowest BCUT2D eigenvalue weighted by Crippen LogP contribution is -2.27. The van der Waals surface area contributed by atoms with E-state index in [4.69, 9.17) is 9.47 Å². The van der Waals surface area contributed by atoms with E-state index in [-0.39, 0.29) is 11.6 Å². The van der Waals surface area contributed by atoms with Gasteiger partial charge in [0.05, 0.1) is 18.8 Å². The molecular weight excluding hydrogens is 286 g/mol. The third-order valence-corrected chi connectivity index (χ3v) is 4.68. The van der Waals surface area contributed by atoms with Gasteiger partial charge < -0.3 is 14.5 Å². The molecule has 0 spiro atoms. The average Bonchev–Trinajstić information content (AvgIpc) is 2.95. The van der Waals surface area contributed by atoms with Crippen molar-refractivity contribution in [2.45, 2.75) is 32.8 Å². The Hall–Kier alpha value is -1.59. The number of hydrogen-bond acceptors (Lipinski definition) is 4. The molecule has 0 aliphatic carbocycles. The summed E-state index contributed by atoms with van der Waals surface area (Å²) in [6.07, 6.45) is 3.04. The highest BCUT2D eigenvalue weighted by molar-refractivity contribution is 7.19. The maximum Gasteiger partial charge on any atom is 0.354 e. The van der Waals surface area contributed by atoms with E-state index in [1.807, 2.05) is 6.07 Å². The Bertz CT molecular complexity index is 677. The van der Waals surface area contributed by atoms with Crippen LogP contribution in [0, 0.1) is 0 Å². The standard InChI is InChI=1S/C16H19NO3S/c1-4-19-15(18)12-7-11-8-13(21-14(11)17-12)10-5-6-20-16(2,3)9-10/h5,7-8,17H,4,6,9H2,1-3H3. The molecule has 112 valence electrons. The molecule has 0 aromatic carbocycles. The molecule has 0 saturated heterocycles. The van der Waals surface area contributed by atoms with Crippen LogP contribution in [0.1, 0.15) is 42.6 Å². The Morgan fingerprint density at radius 2 is 2.29 bits per heavy atom. The Kier molecular flexibility index (Phi) is 3.63. The molecular formula is C16H19NO3S. The topological polar surface area (TPSA) is 51.3 Å². The third kappa shape index (κ3) is 2.89. The zero-order chi connectivity index (χ0) is 15.0. The summed E-state index contributed by atoms with van der Waals surface area (Å²) in [6, 6.07) is 3.99. The maximum atomic E-state index is 11.7. The molecule has 1 aliphatic heterocycles. The highest BCUT2D eigenvalue weighted by Crippen LogP contribution is 2.37. The maximum absolute atomic E-state index is 11.7. The van der Waals surface area contributed by atoms with Gasteiger partial charge in [-0.3, -0.25) is 0 Å². The van der Waals surface area contributed by atoms with Crippen molar-refractivity contribution in [3.8, 4) is 0 Å². The van der Waals surface area contributed by atoms with Crippen LogP contribution >= 0.6 is 11.3 Å². The predicted molar refractivity (Wildman–Crippen MR) is 84.8 cm³/mol. The quantitative estimate of drug-likeness (QED) is 0.872. The minimum Gasteiger partial charge on any atom is -0.461 e. The van der Waals surface area contributed by atoms with E-state index < -0.39 is 0 Å². The van der Waals surface area contributed by atoms with Crippen LogP contribution in [0.25, 0.3) is 15.8 Å². The van der Waals surface area contributed by atoms with Crippen molar-refractivity contribution in [3.63, 3.8) is 0 Å². The number of aromatic amines is 1. The Morgan fingerprint density at radius 1 is 1.48 bits per heavy atom. The Labute approximate surface area is 127 Å². The summed E-state index contributed by atoms with van der Waals surface area (Å²) in [6.45, 7) is 7.07. The van der Waals surface area contributed by atoms with Gasteiger partial charge in [-0.25, -0.2) is 4.79 Å². The molecule has 0 unspecified atom stereocenters. The summed E-state index contributed by atoms with van der Waals surface area (Å²) >= 11 is 1.67. The molecule has 1 aliphatic rings. The number of thiophene rings is 1. The number of hydrogen-bond donors (Lipinski definition) is 1. The molecule has 21 heavy (non-hydrogen) atoms. The number of carbonyl (C=O) groups excluding carboxylic acids is 1. The van der Waals surface area contributed by atoms with Crippen LogP contribution in [0.4, 0.5) is 0 Å². The first-order valence-corrected chi connectivity index (χ1v) is 7.93. The number of esters is 1. The van der Waals surface area contributed by atoms with Crippen LogP contribution in [0.2, 0.25) is 0 Å². The van der Waals surface area contributed by atoms with E-state index in [1.165, 1.54) is 10.5 Å². The number of fused-ring (bicyclic) bond motifs is 1. The van der Waals surface area contributed by atoms with Crippen molar-refractivity contribution in [2.24, 2.45) is 0 Å². The van der Waals surface area contributed by atoms with E-state index in [9.17, 15) is 4.79 Å².